The van der Waals surface area contributed by atoms with E-state index in [1.807, 2.05) is 0 Å². The lowest BCUT2D eigenvalue weighted by Gasteiger charge is -2.33. The van der Waals surface area contributed by atoms with Gasteiger partial charge in [-0.3, -0.25) is 14.4 Å². The highest BCUT2D eigenvalue weighted by molar-refractivity contribution is 6.05. The average Bonchev–Trinajstić information content (AvgIpc) is 3.15. The Morgan fingerprint density at radius 1 is 1.26 bits per heavy atom. The second-order valence-corrected chi connectivity index (χ2v) is 6.48. The first-order valence-corrected chi connectivity index (χ1v) is 7.93. The Morgan fingerprint density at radius 2 is 2.13 bits per heavy atom. The maximum absolute atomic E-state index is 12.9. The van der Waals surface area contributed by atoms with Gasteiger partial charge >= 0.3 is 0 Å². The van der Waals surface area contributed by atoms with E-state index in [1.165, 1.54) is 0 Å². The number of likely N-dealkylation sites (tertiary alicyclic amines) is 1. The van der Waals surface area contributed by atoms with Crippen LogP contribution in [-0.2, 0) is 16.0 Å². The molecule has 2 heterocycles. The van der Waals surface area contributed by atoms with Crippen LogP contribution in [-0.4, -0.2) is 54.3 Å². The molecule has 2 aliphatic heterocycles. The van der Waals surface area contributed by atoms with Crippen molar-refractivity contribution in [1.29, 1.82) is 0 Å². The van der Waals surface area contributed by atoms with Gasteiger partial charge < -0.3 is 15.0 Å². The van der Waals surface area contributed by atoms with Crippen molar-refractivity contribution in [2.75, 3.05) is 26.2 Å². The Bertz CT molecular complexity index is 703. The molecule has 1 aliphatic carbocycles. The van der Waals surface area contributed by atoms with Crippen LogP contribution >= 0.6 is 0 Å². The van der Waals surface area contributed by atoms with Crippen molar-refractivity contribution in [3.05, 3.63) is 34.9 Å². The van der Waals surface area contributed by atoms with Crippen LogP contribution in [0.5, 0.6) is 0 Å². The van der Waals surface area contributed by atoms with Gasteiger partial charge in [0.15, 0.2) is 5.78 Å². The molecule has 0 radical (unpaired) electrons. The summed E-state index contributed by atoms with van der Waals surface area (Å²) >= 11 is 0. The first-order chi connectivity index (χ1) is 11.1. The third-order valence-electron chi connectivity index (χ3n) is 5.03. The van der Waals surface area contributed by atoms with Gasteiger partial charge in [-0.2, -0.15) is 0 Å². The van der Waals surface area contributed by atoms with E-state index >= 15 is 0 Å². The summed E-state index contributed by atoms with van der Waals surface area (Å²) in [6.07, 6.45) is 1.84. The van der Waals surface area contributed by atoms with E-state index in [0.717, 1.165) is 5.56 Å². The summed E-state index contributed by atoms with van der Waals surface area (Å²) in [5.41, 5.74) is 1.73. The van der Waals surface area contributed by atoms with Crippen LogP contribution in [0.2, 0.25) is 0 Å². The van der Waals surface area contributed by atoms with Crippen molar-refractivity contribution in [1.82, 2.24) is 10.2 Å². The third-order valence-corrected chi connectivity index (χ3v) is 5.03. The summed E-state index contributed by atoms with van der Waals surface area (Å²) < 4.78 is 5.70. The van der Waals surface area contributed by atoms with E-state index in [0.29, 0.717) is 50.0 Å². The van der Waals surface area contributed by atoms with Crippen LogP contribution in [0.3, 0.4) is 0 Å². The van der Waals surface area contributed by atoms with Gasteiger partial charge in [-0.05, 0) is 24.5 Å². The predicted octanol–water partition coefficient (Wildman–Crippen LogP) is 0.547. The molecule has 120 valence electrons. The molecule has 1 spiro atoms. The van der Waals surface area contributed by atoms with Gasteiger partial charge in [0, 0.05) is 30.6 Å². The topological polar surface area (TPSA) is 75.7 Å². The Morgan fingerprint density at radius 3 is 2.91 bits per heavy atom. The fourth-order valence-electron chi connectivity index (χ4n) is 3.72. The number of benzene rings is 1. The zero-order valence-corrected chi connectivity index (χ0v) is 12.8. The Kier molecular flexibility index (Phi) is 3.23. The fourth-order valence-corrected chi connectivity index (χ4v) is 3.72. The molecule has 2 saturated heterocycles. The molecule has 4 rings (SSSR count). The van der Waals surface area contributed by atoms with Gasteiger partial charge in [-0.15, -0.1) is 0 Å². The van der Waals surface area contributed by atoms with Gasteiger partial charge in [0.25, 0.3) is 5.91 Å². The highest BCUT2D eigenvalue weighted by Crippen LogP contribution is 2.31. The molecule has 3 aliphatic rings. The van der Waals surface area contributed by atoms with Crippen LogP contribution in [0.15, 0.2) is 18.2 Å². The zero-order valence-electron chi connectivity index (χ0n) is 12.8. The van der Waals surface area contributed by atoms with E-state index < -0.39 is 5.60 Å². The van der Waals surface area contributed by atoms with E-state index in [9.17, 15) is 14.4 Å². The molecule has 6 heteroatoms. The first kappa shape index (κ1) is 14.4. The lowest BCUT2D eigenvalue weighted by atomic mass is 10.0. The zero-order chi connectivity index (χ0) is 16.0. The van der Waals surface area contributed by atoms with Gasteiger partial charge in [0.1, 0.15) is 12.2 Å². The third kappa shape index (κ3) is 2.34. The number of ether oxygens (including phenoxy) is 1. The predicted molar refractivity (Wildman–Crippen MR) is 81.3 cm³/mol. The van der Waals surface area contributed by atoms with Gasteiger partial charge in [0.05, 0.1) is 6.54 Å². The van der Waals surface area contributed by atoms with Crippen LogP contribution < -0.4 is 5.32 Å². The van der Waals surface area contributed by atoms with Gasteiger partial charge in [-0.25, -0.2) is 0 Å². The van der Waals surface area contributed by atoms with Crippen molar-refractivity contribution < 1.29 is 19.1 Å². The molecule has 2 fully saturated rings. The number of fused-ring (bicyclic) bond motifs is 1. The molecule has 0 saturated carbocycles. The molecule has 0 aromatic heterocycles. The molecule has 2 amide bonds. The summed E-state index contributed by atoms with van der Waals surface area (Å²) in [5, 5.41) is 2.81. The van der Waals surface area contributed by atoms with E-state index in [1.54, 1.807) is 23.1 Å². The number of nitrogens with zero attached hydrogens (tertiary/aromatic N) is 1. The van der Waals surface area contributed by atoms with Crippen LogP contribution in [0, 0.1) is 0 Å². The SMILES string of the molecule is O=C1COC2(CCN(C(=O)c3cccc4c3CCC4=O)C2)CN1. The number of Topliss-reactive ketones (excluding diaryl/α,β-unsaturated/α-hetero) is 1. The largest absolute Gasteiger partial charge is 0.361 e. The second-order valence-electron chi connectivity index (χ2n) is 6.48. The van der Waals surface area contributed by atoms with Gasteiger partial charge in [-0.1, -0.05) is 12.1 Å². The number of morpholine rings is 1. The smallest absolute Gasteiger partial charge is 0.254 e. The lowest BCUT2D eigenvalue weighted by Crippen LogP contribution is -2.54. The van der Waals surface area contributed by atoms with E-state index in [2.05, 4.69) is 5.32 Å². The molecular formula is C17H18N2O4. The Balaban J connectivity index is 1.55. The normalized spacial score (nSPS) is 26.5. The summed E-state index contributed by atoms with van der Waals surface area (Å²) in [6.45, 7) is 1.58. The number of carbonyl (C=O) groups is 3. The monoisotopic (exact) mass is 314 g/mol. The fraction of sp³-hybridized carbons (Fsp3) is 0.471. The van der Waals surface area contributed by atoms with Crippen LogP contribution in [0.1, 0.15) is 39.1 Å². The minimum Gasteiger partial charge on any atom is -0.361 e. The number of carbonyl (C=O) groups excluding carboxylic acids is 3. The number of ketones is 1. The molecule has 1 atom stereocenters. The van der Waals surface area contributed by atoms with Crippen LogP contribution in [0.4, 0.5) is 0 Å². The molecule has 23 heavy (non-hydrogen) atoms. The maximum Gasteiger partial charge on any atom is 0.254 e. The van der Waals surface area contributed by atoms with Crippen molar-refractivity contribution >= 4 is 17.6 Å². The van der Waals surface area contributed by atoms with Crippen molar-refractivity contribution in [2.24, 2.45) is 0 Å². The molecule has 1 N–H and O–H groups in total. The van der Waals surface area contributed by atoms with Crippen LogP contribution in [0.25, 0.3) is 0 Å². The lowest BCUT2D eigenvalue weighted by molar-refractivity contribution is -0.141. The molecular weight excluding hydrogens is 296 g/mol. The number of rotatable bonds is 1. The van der Waals surface area contributed by atoms with E-state index in [4.69, 9.17) is 4.74 Å². The maximum atomic E-state index is 12.9. The summed E-state index contributed by atoms with van der Waals surface area (Å²) in [7, 11) is 0. The second kappa shape index (κ2) is 5.16. The number of nitrogens with one attached hydrogen (secondary N) is 1. The van der Waals surface area contributed by atoms with Crippen molar-refractivity contribution in [2.45, 2.75) is 24.9 Å². The number of hydrogen-bond acceptors (Lipinski definition) is 4. The Hall–Kier alpha value is -2.21. The van der Waals surface area contributed by atoms with Gasteiger partial charge in [0.2, 0.25) is 5.91 Å². The molecule has 1 unspecified atom stereocenters. The number of hydrogen-bond donors (Lipinski definition) is 1. The standard InChI is InChI=1S/C17H18N2O4/c20-14-5-4-11-12(14)2-1-3-13(11)16(22)19-7-6-17(10-19)9-18-15(21)8-23-17/h1-3H,4-10H2,(H,18,21). The Labute approximate surface area is 133 Å². The minimum absolute atomic E-state index is 0.0473. The first-order valence-electron chi connectivity index (χ1n) is 7.93. The minimum atomic E-state index is -0.461. The number of amides is 2. The van der Waals surface area contributed by atoms with E-state index in [-0.39, 0.29) is 24.2 Å². The summed E-state index contributed by atoms with van der Waals surface area (Å²) in [6, 6.07) is 5.37. The molecule has 1 aromatic carbocycles. The summed E-state index contributed by atoms with van der Waals surface area (Å²) in [4.78, 5) is 37.7. The highest BCUT2D eigenvalue weighted by Gasteiger charge is 2.44. The summed E-state index contributed by atoms with van der Waals surface area (Å²) in [5.74, 6) is -0.0420. The van der Waals surface area contributed by atoms with Crippen molar-refractivity contribution in [3.8, 4) is 0 Å². The van der Waals surface area contributed by atoms with Crippen molar-refractivity contribution in [3.63, 3.8) is 0 Å². The molecule has 0 bridgehead atoms. The highest BCUT2D eigenvalue weighted by atomic mass is 16.5. The molecule has 1 aromatic rings. The molecule has 6 nitrogen and oxygen atoms in total. The average molecular weight is 314 g/mol. The quantitative estimate of drug-likeness (QED) is 0.821.